The van der Waals surface area contributed by atoms with Crippen molar-refractivity contribution >= 4 is 45.7 Å². The van der Waals surface area contributed by atoms with Crippen molar-refractivity contribution in [3.05, 3.63) is 111 Å². The Morgan fingerprint density at radius 2 is 1.86 bits per heavy atom. The maximum atomic E-state index is 12.7. The zero-order valence-corrected chi connectivity index (χ0v) is 20.4. The molecule has 0 saturated heterocycles. The molecule has 4 aromatic rings. The summed E-state index contributed by atoms with van der Waals surface area (Å²) in [5.74, 6) is 0.229. The van der Waals surface area contributed by atoms with E-state index < -0.39 is 10.8 Å². The number of nitriles is 1. The first-order chi connectivity index (χ1) is 17.9. The first kappa shape index (κ1) is 25.2. The fourth-order valence-electron chi connectivity index (χ4n) is 3.69. The number of amides is 1. The van der Waals surface area contributed by atoms with Gasteiger partial charge in [-0.3, -0.25) is 14.9 Å². The van der Waals surface area contributed by atoms with E-state index in [2.05, 4.69) is 5.32 Å². The van der Waals surface area contributed by atoms with Gasteiger partial charge in [0.2, 0.25) is 0 Å². The third-order valence-corrected chi connectivity index (χ3v) is 5.85. The van der Waals surface area contributed by atoms with E-state index >= 15 is 0 Å². The van der Waals surface area contributed by atoms with Crippen LogP contribution in [-0.4, -0.2) is 17.9 Å². The Bertz CT molecular complexity index is 1570. The summed E-state index contributed by atoms with van der Waals surface area (Å²) < 4.78 is 11.5. The molecule has 0 aliphatic rings. The summed E-state index contributed by atoms with van der Waals surface area (Å²) >= 11 is 6.04. The van der Waals surface area contributed by atoms with Gasteiger partial charge >= 0.3 is 0 Å². The molecular formula is C28H20ClN3O5. The van der Waals surface area contributed by atoms with Crippen LogP contribution in [-0.2, 0) is 11.4 Å². The van der Waals surface area contributed by atoms with E-state index in [9.17, 15) is 20.2 Å². The van der Waals surface area contributed by atoms with Crippen LogP contribution in [0.4, 0.5) is 11.4 Å². The number of ether oxygens (including phenoxy) is 2. The average molecular weight is 514 g/mol. The quantitative estimate of drug-likeness (QED) is 0.124. The Morgan fingerprint density at radius 3 is 2.59 bits per heavy atom. The van der Waals surface area contributed by atoms with Crippen molar-refractivity contribution in [1.82, 2.24) is 0 Å². The number of carbonyl (C=O) groups excluding carboxylic acids is 1. The van der Waals surface area contributed by atoms with Gasteiger partial charge in [0.05, 0.1) is 22.7 Å². The molecule has 4 rings (SSSR count). The zero-order chi connectivity index (χ0) is 26.4. The van der Waals surface area contributed by atoms with Gasteiger partial charge < -0.3 is 14.8 Å². The van der Waals surface area contributed by atoms with Crippen LogP contribution in [0.5, 0.6) is 11.5 Å². The van der Waals surface area contributed by atoms with Gasteiger partial charge in [-0.05, 0) is 46.2 Å². The number of hydrogen-bond acceptors (Lipinski definition) is 6. The first-order valence-electron chi connectivity index (χ1n) is 11.0. The number of halogens is 1. The van der Waals surface area contributed by atoms with Crippen LogP contribution in [0.15, 0.2) is 84.4 Å². The van der Waals surface area contributed by atoms with E-state index in [4.69, 9.17) is 21.1 Å². The lowest BCUT2D eigenvalue weighted by molar-refractivity contribution is -0.384. The summed E-state index contributed by atoms with van der Waals surface area (Å²) in [7, 11) is 1.50. The van der Waals surface area contributed by atoms with Gasteiger partial charge in [0.25, 0.3) is 11.6 Å². The topological polar surface area (TPSA) is 114 Å². The van der Waals surface area contributed by atoms with Crippen LogP contribution in [0.25, 0.3) is 16.8 Å². The van der Waals surface area contributed by atoms with Crippen molar-refractivity contribution in [2.45, 2.75) is 6.61 Å². The predicted octanol–water partition coefficient (Wildman–Crippen LogP) is 6.53. The number of carbonyl (C=O) groups is 1. The van der Waals surface area contributed by atoms with E-state index in [0.717, 1.165) is 22.4 Å². The van der Waals surface area contributed by atoms with E-state index in [-0.39, 0.29) is 22.0 Å². The number of rotatable bonds is 8. The molecule has 4 aromatic carbocycles. The van der Waals surface area contributed by atoms with Crippen molar-refractivity contribution in [3.63, 3.8) is 0 Å². The van der Waals surface area contributed by atoms with Crippen molar-refractivity contribution in [2.75, 3.05) is 12.4 Å². The zero-order valence-electron chi connectivity index (χ0n) is 19.6. The maximum absolute atomic E-state index is 12.7. The van der Waals surface area contributed by atoms with E-state index in [1.807, 2.05) is 48.5 Å². The molecule has 0 fully saturated rings. The SMILES string of the molecule is COc1cc(C=C(C#N)C(=O)Nc2ccc([N+](=O)[O-])cc2Cl)ccc1OCc1cccc2ccccc12. The molecular weight excluding hydrogens is 494 g/mol. The van der Waals surface area contributed by atoms with Gasteiger partial charge in [0, 0.05) is 12.1 Å². The molecule has 9 heteroatoms. The number of anilines is 1. The Balaban J connectivity index is 1.51. The minimum atomic E-state index is -0.714. The van der Waals surface area contributed by atoms with Crippen molar-refractivity contribution in [3.8, 4) is 17.6 Å². The highest BCUT2D eigenvalue weighted by Gasteiger charge is 2.15. The van der Waals surface area contributed by atoms with Gasteiger partial charge in [-0.25, -0.2) is 0 Å². The Kier molecular flexibility index (Phi) is 7.67. The summed E-state index contributed by atoms with van der Waals surface area (Å²) in [6.07, 6.45) is 1.39. The molecule has 8 nitrogen and oxygen atoms in total. The Hall–Kier alpha value is -4.87. The summed E-state index contributed by atoms with van der Waals surface area (Å²) in [5.41, 5.74) is 1.30. The van der Waals surface area contributed by atoms with Crippen LogP contribution in [0.2, 0.25) is 5.02 Å². The number of nitro groups is 1. The van der Waals surface area contributed by atoms with E-state index in [1.54, 1.807) is 18.2 Å². The molecule has 0 heterocycles. The van der Waals surface area contributed by atoms with Gasteiger partial charge in [-0.1, -0.05) is 60.1 Å². The van der Waals surface area contributed by atoms with E-state index in [0.29, 0.717) is 23.7 Å². The molecule has 1 N–H and O–H groups in total. The van der Waals surface area contributed by atoms with Gasteiger partial charge in [0.1, 0.15) is 18.2 Å². The molecule has 0 saturated carbocycles. The van der Waals surface area contributed by atoms with Gasteiger partial charge in [-0.2, -0.15) is 5.26 Å². The molecule has 1 amide bonds. The average Bonchev–Trinajstić information content (AvgIpc) is 2.91. The number of non-ortho nitro benzene ring substituents is 1. The second-order valence-corrected chi connectivity index (χ2v) is 8.29. The minimum Gasteiger partial charge on any atom is -0.493 e. The number of nitrogens with one attached hydrogen (secondary N) is 1. The Labute approximate surface area is 217 Å². The molecule has 0 spiro atoms. The number of methoxy groups -OCH3 is 1. The highest BCUT2D eigenvalue weighted by Crippen LogP contribution is 2.31. The van der Waals surface area contributed by atoms with Crippen LogP contribution >= 0.6 is 11.6 Å². The molecule has 0 bridgehead atoms. The van der Waals surface area contributed by atoms with Crippen molar-refractivity contribution in [1.29, 1.82) is 5.26 Å². The summed E-state index contributed by atoms with van der Waals surface area (Å²) in [5, 5.41) is 25.1. The summed E-state index contributed by atoms with van der Waals surface area (Å²) in [4.78, 5) is 22.9. The lowest BCUT2D eigenvalue weighted by Gasteiger charge is -2.13. The monoisotopic (exact) mass is 513 g/mol. The second kappa shape index (κ2) is 11.2. The summed E-state index contributed by atoms with van der Waals surface area (Å²) in [6.45, 7) is 0.328. The lowest BCUT2D eigenvalue weighted by Crippen LogP contribution is -2.13. The standard InChI is InChI=1S/C28H20ClN3O5/c1-36-27-14-18(9-12-26(27)37-17-20-7-4-6-19-5-2-3-8-23(19)20)13-21(16-30)28(33)31-25-11-10-22(32(34)35)15-24(25)29/h2-15H,17H2,1H3,(H,31,33). The fourth-order valence-corrected chi connectivity index (χ4v) is 3.91. The van der Waals surface area contributed by atoms with Crippen LogP contribution in [0.3, 0.4) is 0 Å². The number of benzene rings is 4. The van der Waals surface area contributed by atoms with Crippen LogP contribution in [0, 0.1) is 21.4 Å². The van der Waals surface area contributed by atoms with Crippen molar-refractivity contribution in [2.24, 2.45) is 0 Å². The summed E-state index contributed by atoms with van der Waals surface area (Å²) in [6, 6.07) is 24.6. The molecule has 37 heavy (non-hydrogen) atoms. The number of hydrogen-bond donors (Lipinski definition) is 1. The van der Waals surface area contributed by atoms with Gasteiger partial charge in [-0.15, -0.1) is 0 Å². The number of nitro benzene ring substituents is 1. The number of fused-ring (bicyclic) bond motifs is 1. The third-order valence-electron chi connectivity index (χ3n) is 5.54. The molecule has 0 radical (unpaired) electrons. The molecule has 0 aromatic heterocycles. The van der Waals surface area contributed by atoms with Crippen LogP contribution < -0.4 is 14.8 Å². The molecule has 0 unspecified atom stereocenters. The normalized spacial score (nSPS) is 11.0. The molecule has 0 aliphatic carbocycles. The van der Waals surface area contributed by atoms with Crippen LogP contribution in [0.1, 0.15) is 11.1 Å². The van der Waals surface area contributed by atoms with E-state index in [1.165, 1.54) is 25.3 Å². The molecule has 0 atom stereocenters. The number of nitrogens with zero attached hydrogens (tertiary/aromatic N) is 2. The molecule has 0 aliphatic heterocycles. The lowest BCUT2D eigenvalue weighted by atomic mass is 10.1. The Morgan fingerprint density at radius 1 is 1.08 bits per heavy atom. The minimum absolute atomic E-state index is 0.0193. The largest absolute Gasteiger partial charge is 0.493 e. The molecule has 184 valence electrons. The smallest absolute Gasteiger partial charge is 0.271 e. The van der Waals surface area contributed by atoms with Gasteiger partial charge in [0.15, 0.2) is 11.5 Å². The highest BCUT2D eigenvalue weighted by molar-refractivity contribution is 6.34. The fraction of sp³-hybridized carbons (Fsp3) is 0.0714. The van der Waals surface area contributed by atoms with Crippen molar-refractivity contribution < 1.29 is 19.2 Å². The maximum Gasteiger partial charge on any atom is 0.271 e. The highest BCUT2D eigenvalue weighted by atomic mass is 35.5. The predicted molar refractivity (Wildman–Crippen MR) is 142 cm³/mol. The third kappa shape index (κ3) is 5.86. The second-order valence-electron chi connectivity index (χ2n) is 7.88. The first-order valence-corrected chi connectivity index (χ1v) is 11.4.